The van der Waals surface area contributed by atoms with Crippen molar-refractivity contribution in [2.45, 2.75) is 12.8 Å². The molecule has 0 saturated carbocycles. The molecule has 0 spiro atoms. The van der Waals surface area contributed by atoms with Gasteiger partial charge in [-0.1, -0.05) is 18.2 Å². The summed E-state index contributed by atoms with van der Waals surface area (Å²) in [4.78, 5) is 16.7. The van der Waals surface area contributed by atoms with Crippen molar-refractivity contribution in [1.29, 1.82) is 0 Å². The Bertz CT molecular complexity index is 500. The molecule has 3 rings (SSSR count). The number of rotatable bonds is 6. The number of ether oxygens (including phenoxy) is 1. The average Bonchev–Trinajstić information content (AvgIpc) is 2.99. The molecule has 2 aliphatic heterocycles. The number of morpholine rings is 1. The van der Waals surface area contributed by atoms with Gasteiger partial charge in [0.05, 0.1) is 13.2 Å². The molecule has 0 aliphatic carbocycles. The average molecular weight is 303 g/mol. The summed E-state index contributed by atoms with van der Waals surface area (Å²) in [6, 6.07) is 8.21. The van der Waals surface area contributed by atoms with Gasteiger partial charge in [-0.15, -0.1) is 0 Å². The fourth-order valence-electron chi connectivity index (χ4n) is 3.11. The Hall–Kier alpha value is -1.43. The van der Waals surface area contributed by atoms with Gasteiger partial charge in [0.25, 0.3) is 0 Å². The van der Waals surface area contributed by atoms with Crippen LogP contribution in [0.2, 0.25) is 0 Å². The van der Waals surface area contributed by atoms with Crippen LogP contribution < -0.4 is 10.2 Å². The van der Waals surface area contributed by atoms with E-state index in [1.54, 1.807) is 0 Å². The Morgan fingerprint density at radius 2 is 1.95 bits per heavy atom. The van der Waals surface area contributed by atoms with E-state index < -0.39 is 0 Å². The number of nitrogens with one attached hydrogen (secondary N) is 1. The summed E-state index contributed by atoms with van der Waals surface area (Å²) in [6.07, 6.45) is 1.55. The van der Waals surface area contributed by atoms with Gasteiger partial charge in [-0.25, -0.2) is 0 Å². The number of nitrogens with zero attached hydrogens (tertiary/aromatic N) is 2. The number of para-hydroxylation sites is 1. The number of fused-ring (bicyclic) bond motifs is 1. The molecule has 0 unspecified atom stereocenters. The maximum atomic E-state index is 12.3. The van der Waals surface area contributed by atoms with Crippen LogP contribution >= 0.6 is 0 Å². The van der Waals surface area contributed by atoms with Gasteiger partial charge >= 0.3 is 0 Å². The fraction of sp³-hybridized carbons (Fsp3) is 0.588. The molecule has 1 aromatic rings. The van der Waals surface area contributed by atoms with E-state index in [0.29, 0.717) is 6.42 Å². The van der Waals surface area contributed by atoms with Gasteiger partial charge in [-0.2, -0.15) is 0 Å². The van der Waals surface area contributed by atoms with Crippen LogP contribution in [-0.4, -0.2) is 63.3 Å². The van der Waals surface area contributed by atoms with Crippen LogP contribution in [0.25, 0.3) is 0 Å². The van der Waals surface area contributed by atoms with Gasteiger partial charge in [0, 0.05) is 51.4 Å². The molecule has 5 nitrogen and oxygen atoms in total. The summed E-state index contributed by atoms with van der Waals surface area (Å²) >= 11 is 0. The zero-order valence-corrected chi connectivity index (χ0v) is 13.1. The van der Waals surface area contributed by atoms with E-state index in [-0.39, 0.29) is 5.91 Å². The van der Waals surface area contributed by atoms with Crippen molar-refractivity contribution in [3.63, 3.8) is 0 Å². The van der Waals surface area contributed by atoms with Gasteiger partial charge in [0.1, 0.15) is 0 Å². The van der Waals surface area contributed by atoms with Crippen LogP contribution in [0.1, 0.15) is 12.0 Å². The lowest BCUT2D eigenvalue weighted by Gasteiger charge is -2.26. The highest BCUT2D eigenvalue weighted by Gasteiger charge is 2.23. The molecular formula is C17H25N3O2. The predicted octanol–water partition coefficient (Wildman–Crippen LogP) is 0.888. The monoisotopic (exact) mass is 303 g/mol. The van der Waals surface area contributed by atoms with Crippen molar-refractivity contribution in [1.82, 2.24) is 10.2 Å². The molecule has 1 N–H and O–H groups in total. The van der Waals surface area contributed by atoms with Crippen molar-refractivity contribution < 1.29 is 9.53 Å². The summed E-state index contributed by atoms with van der Waals surface area (Å²) in [6.45, 7) is 7.26. The maximum absolute atomic E-state index is 12.3. The zero-order valence-electron chi connectivity index (χ0n) is 13.1. The second kappa shape index (κ2) is 7.72. The molecule has 22 heavy (non-hydrogen) atoms. The third kappa shape index (κ3) is 3.85. The van der Waals surface area contributed by atoms with Crippen LogP contribution in [0.15, 0.2) is 24.3 Å². The first-order chi connectivity index (χ1) is 10.8. The Morgan fingerprint density at radius 1 is 1.14 bits per heavy atom. The van der Waals surface area contributed by atoms with Crippen molar-refractivity contribution in [2.24, 2.45) is 0 Å². The molecule has 1 fully saturated rings. The van der Waals surface area contributed by atoms with Crippen LogP contribution in [0.3, 0.4) is 0 Å². The lowest BCUT2D eigenvalue weighted by Crippen LogP contribution is -2.40. The predicted molar refractivity (Wildman–Crippen MR) is 87.2 cm³/mol. The number of hydrogen-bond acceptors (Lipinski definition) is 4. The largest absolute Gasteiger partial charge is 0.379 e. The second-order valence-corrected chi connectivity index (χ2v) is 5.88. The minimum Gasteiger partial charge on any atom is -0.379 e. The highest BCUT2D eigenvalue weighted by molar-refractivity contribution is 5.95. The summed E-state index contributed by atoms with van der Waals surface area (Å²) in [5.74, 6) is 0.226. The first kappa shape index (κ1) is 15.5. The summed E-state index contributed by atoms with van der Waals surface area (Å²) in [7, 11) is 0. The number of carbonyl (C=O) groups excluding carboxylic acids is 1. The quantitative estimate of drug-likeness (QED) is 0.793. The van der Waals surface area contributed by atoms with Crippen molar-refractivity contribution in [2.75, 3.05) is 57.4 Å². The second-order valence-electron chi connectivity index (χ2n) is 5.88. The van der Waals surface area contributed by atoms with Gasteiger partial charge in [-0.05, 0) is 18.1 Å². The number of anilines is 1. The minimum absolute atomic E-state index is 0.226. The summed E-state index contributed by atoms with van der Waals surface area (Å²) in [5.41, 5.74) is 2.39. The summed E-state index contributed by atoms with van der Waals surface area (Å²) < 4.78 is 5.33. The van der Waals surface area contributed by atoms with Crippen LogP contribution in [0.5, 0.6) is 0 Å². The van der Waals surface area contributed by atoms with Crippen LogP contribution in [0, 0.1) is 0 Å². The van der Waals surface area contributed by atoms with Gasteiger partial charge in [-0.3, -0.25) is 9.69 Å². The number of hydrogen-bond donors (Lipinski definition) is 1. The summed E-state index contributed by atoms with van der Waals surface area (Å²) in [5, 5.41) is 3.38. The van der Waals surface area contributed by atoms with E-state index in [4.69, 9.17) is 4.74 Å². The van der Waals surface area contributed by atoms with Gasteiger partial charge in [0.15, 0.2) is 0 Å². The molecule has 0 atom stereocenters. The molecule has 0 bridgehead atoms. The number of amides is 1. The molecule has 1 aromatic carbocycles. The van der Waals surface area contributed by atoms with Gasteiger partial charge < -0.3 is 15.0 Å². The third-order valence-electron chi connectivity index (χ3n) is 4.41. The zero-order chi connectivity index (χ0) is 15.2. The Kier molecular flexibility index (Phi) is 5.43. The molecule has 2 aliphatic rings. The Balaban J connectivity index is 1.35. The number of carbonyl (C=O) groups is 1. The highest BCUT2D eigenvalue weighted by Crippen LogP contribution is 2.27. The van der Waals surface area contributed by atoms with Crippen LogP contribution in [-0.2, 0) is 16.0 Å². The van der Waals surface area contributed by atoms with E-state index in [2.05, 4.69) is 16.3 Å². The Morgan fingerprint density at radius 3 is 2.82 bits per heavy atom. The Labute approximate surface area is 132 Å². The SMILES string of the molecule is O=C(CCNCCN1CCOCC1)N1CCc2ccccc21. The molecule has 120 valence electrons. The van der Waals surface area contributed by atoms with E-state index >= 15 is 0 Å². The topological polar surface area (TPSA) is 44.8 Å². The van der Waals surface area contributed by atoms with Crippen molar-refractivity contribution in [3.05, 3.63) is 29.8 Å². The van der Waals surface area contributed by atoms with Crippen molar-refractivity contribution in [3.8, 4) is 0 Å². The lowest BCUT2D eigenvalue weighted by atomic mass is 10.2. The molecule has 1 saturated heterocycles. The molecule has 5 heteroatoms. The smallest absolute Gasteiger partial charge is 0.228 e. The minimum atomic E-state index is 0.226. The molecule has 2 heterocycles. The molecule has 0 aromatic heterocycles. The van der Waals surface area contributed by atoms with E-state index in [0.717, 1.165) is 64.6 Å². The maximum Gasteiger partial charge on any atom is 0.228 e. The van der Waals surface area contributed by atoms with E-state index in [9.17, 15) is 4.79 Å². The van der Waals surface area contributed by atoms with E-state index in [1.165, 1.54) is 5.56 Å². The van der Waals surface area contributed by atoms with Crippen molar-refractivity contribution >= 4 is 11.6 Å². The molecule has 0 radical (unpaired) electrons. The van der Waals surface area contributed by atoms with Gasteiger partial charge in [0.2, 0.25) is 5.91 Å². The first-order valence-electron chi connectivity index (χ1n) is 8.24. The fourth-order valence-corrected chi connectivity index (χ4v) is 3.11. The third-order valence-corrected chi connectivity index (χ3v) is 4.41. The highest BCUT2D eigenvalue weighted by atomic mass is 16.5. The number of benzene rings is 1. The van der Waals surface area contributed by atoms with E-state index in [1.807, 2.05) is 23.1 Å². The first-order valence-corrected chi connectivity index (χ1v) is 8.24. The normalized spacial score (nSPS) is 18.5. The molecular weight excluding hydrogens is 278 g/mol. The molecule has 1 amide bonds. The van der Waals surface area contributed by atoms with Crippen LogP contribution in [0.4, 0.5) is 5.69 Å². The lowest BCUT2D eigenvalue weighted by molar-refractivity contribution is -0.118. The standard InChI is InChI=1S/C17H25N3O2/c21-17(20-9-6-15-3-1-2-4-16(15)20)5-7-18-8-10-19-11-13-22-14-12-19/h1-4,18H,5-14H2.